The summed E-state index contributed by atoms with van der Waals surface area (Å²) in [5, 5.41) is 0.794. The highest BCUT2D eigenvalue weighted by Crippen LogP contribution is 2.36. The van der Waals surface area contributed by atoms with E-state index in [4.69, 9.17) is 11.6 Å². The number of hydrogen-bond acceptors (Lipinski definition) is 2. The largest absolute Gasteiger partial charge is 0.300 e. The van der Waals surface area contributed by atoms with Gasteiger partial charge in [-0.05, 0) is 49.8 Å². The van der Waals surface area contributed by atoms with E-state index in [1.165, 1.54) is 69.8 Å². The first kappa shape index (κ1) is 19.9. The van der Waals surface area contributed by atoms with E-state index >= 15 is 0 Å². The first-order chi connectivity index (χ1) is 12.7. The van der Waals surface area contributed by atoms with Crippen LogP contribution < -0.4 is 0 Å². The molecule has 2 aliphatic rings. The molecule has 0 atom stereocenters. The van der Waals surface area contributed by atoms with Crippen LogP contribution in [-0.2, 0) is 0 Å². The molecule has 0 amide bonds. The molecule has 144 valence electrons. The highest BCUT2D eigenvalue weighted by Gasteiger charge is 2.22. The summed E-state index contributed by atoms with van der Waals surface area (Å²) >= 11 is 6.56. The molecule has 0 heterocycles. The van der Waals surface area contributed by atoms with Crippen molar-refractivity contribution in [3.63, 3.8) is 0 Å². The second-order valence-corrected chi connectivity index (χ2v) is 8.57. The maximum atomic E-state index is 12.7. The molecule has 0 unspecified atom stereocenters. The van der Waals surface area contributed by atoms with Crippen molar-refractivity contribution in [2.75, 3.05) is 13.1 Å². The van der Waals surface area contributed by atoms with Crippen molar-refractivity contribution in [1.29, 1.82) is 0 Å². The number of carbonyl (C=O) groups is 1. The van der Waals surface area contributed by atoms with Gasteiger partial charge in [0.05, 0.1) is 0 Å². The van der Waals surface area contributed by atoms with Crippen LogP contribution in [0.25, 0.3) is 0 Å². The molecule has 2 saturated carbocycles. The molecule has 2 nitrogen and oxygen atoms in total. The Balaban J connectivity index is 1.57. The monoisotopic (exact) mass is 375 g/mol. The molecule has 1 aromatic carbocycles. The molecule has 0 aromatic heterocycles. The normalized spacial score (nSPS) is 19.8. The molecule has 0 N–H and O–H groups in total. The zero-order valence-electron chi connectivity index (χ0n) is 16.3. The van der Waals surface area contributed by atoms with Crippen molar-refractivity contribution >= 4 is 17.4 Å². The number of carbonyl (C=O) groups excluding carboxylic acids is 1. The summed E-state index contributed by atoms with van der Waals surface area (Å²) in [5.41, 5.74) is 2.04. The van der Waals surface area contributed by atoms with Crippen LogP contribution in [0.2, 0.25) is 5.02 Å². The minimum atomic E-state index is 0.233. The fourth-order valence-corrected chi connectivity index (χ4v) is 5.21. The summed E-state index contributed by atoms with van der Waals surface area (Å²) in [4.78, 5) is 15.2. The van der Waals surface area contributed by atoms with Crippen molar-refractivity contribution in [2.24, 2.45) is 0 Å². The maximum Gasteiger partial charge on any atom is 0.164 e. The first-order valence-corrected chi connectivity index (χ1v) is 11.1. The second-order valence-electron chi connectivity index (χ2n) is 8.16. The minimum Gasteiger partial charge on any atom is -0.300 e. The van der Waals surface area contributed by atoms with Crippen molar-refractivity contribution in [3.05, 3.63) is 34.3 Å². The molecule has 3 rings (SSSR count). The van der Waals surface area contributed by atoms with E-state index in [0.717, 1.165) is 23.7 Å². The van der Waals surface area contributed by atoms with Gasteiger partial charge in [0.1, 0.15) is 0 Å². The lowest BCUT2D eigenvalue weighted by atomic mass is 9.83. The second kappa shape index (κ2) is 9.90. The summed E-state index contributed by atoms with van der Waals surface area (Å²) in [5.74, 6) is 0.818. The predicted octanol–water partition coefficient (Wildman–Crippen LogP) is 6.62. The molecule has 1 aromatic rings. The standard InChI is InChI=1S/C23H34ClNO/c1-2-25(20-11-7-4-8-12-20)16-15-23(26)19-13-14-21(22(24)17-19)18-9-5-3-6-10-18/h13-14,17-18,20H,2-12,15-16H2,1H3. The van der Waals surface area contributed by atoms with Crippen molar-refractivity contribution in [3.8, 4) is 0 Å². The Labute approximate surface area is 164 Å². The number of nitrogens with zero attached hydrogens (tertiary/aromatic N) is 1. The van der Waals surface area contributed by atoms with Crippen LogP contribution >= 0.6 is 11.6 Å². The van der Waals surface area contributed by atoms with E-state index in [1.54, 1.807) is 0 Å². The molecule has 0 radical (unpaired) electrons. The Morgan fingerprint density at radius 1 is 1.04 bits per heavy atom. The number of hydrogen-bond donors (Lipinski definition) is 0. The first-order valence-electron chi connectivity index (χ1n) is 10.8. The van der Waals surface area contributed by atoms with Gasteiger partial charge < -0.3 is 4.90 Å². The topological polar surface area (TPSA) is 20.3 Å². The van der Waals surface area contributed by atoms with Gasteiger partial charge in [0.15, 0.2) is 5.78 Å². The number of ketones is 1. The van der Waals surface area contributed by atoms with Gasteiger partial charge in [-0.25, -0.2) is 0 Å². The Morgan fingerprint density at radius 2 is 1.69 bits per heavy atom. The van der Waals surface area contributed by atoms with Crippen molar-refractivity contribution in [1.82, 2.24) is 4.90 Å². The maximum absolute atomic E-state index is 12.7. The molecular formula is C23H34ClNO. The van der Waals surface area contributed by atoms with Crippen LogP contribution in [0, 0.1) is 0 Å². The van der Waals surface area contributed by atoms with Gasteiger partial charge in [0, 0.05) is 29.6 Å². The van der Waals surface area contributed by atoms with E-state index in [-0.39, 0.29) is 5.78 Å². The average Bonchev–Trinajstić information content (AvgIpc) is 2.69. The van der Waals surface area contributed by atoms with Crippen LogP contribution in [0.3, 0.4) is 0 Å². The third-order valence-electron chi connectivity index (χ3n) is 6.49. The molecule has 0 aliphatic heterocycles. The smallest absolute Gasteiger partial charge is 0.164 e. The lowest BCUT2D eigenvalue weighted by molar-refractivity contribution is 0.0939. The van der Waals surface area contributed by atoms with Gasteiger partial charge in [-0.1, -0.05) is 69.2 Å². The van der Waals surface area contributed by atoms with Gasteiger partial charge in [0.25, 0.3) is 0 Å². The minimum absolute atomic E-state index is 0.233. The van der Waals surface area contributed by atoms with Gasteiger partial charge in [0.2, 0.25) is 0 Å². The molecule has 2 aliphatic carbocycles. The highest BCUT2D eigenvalue weighted by molar-refractivity contribution is 6.31. The fourth-order valence-electron chi connectivity index (χ4n) is 4.88. The Bertz CT molecular complexity index is 588. The number of Topliss-reactive ketones (excluding diaryl/α,β-unsaturated/α-hetero) is 1. The van der Waals surface area contributed by atoms with Crippen LogP contribution in [-0.4, -0.2) is 29.8 Å². The molecule has 2 fully saturated rings. The van der Waals surface area contributed by atoms with Crippen LogP contribution in [0.4, 0.5) is 0 Å². The van der Waals surface area contributed by atoms with Gasteiger partial charge in [-0.15, -0.1) is 0 Å². The highest BCUT2D eigenvalue weighted by atomic mass is 35.5. The van der Waals surface area contributed by atoms with Crippen molar-refractivity contribution in [2.45, 2.75) is 89.5 Å². The van der Waals surface area contributed by atoms with E-state index in [1.807, 2.05) is 12.1 Å². The van der Waals surface area contributed by atoms with Gasteiger partial charge in [-0.2, -0.15) is 0 Å². The Morgan fingerprint density at radius 3 is 2.31 bits per heavy atom. The molecule has 26 heavy (non-hydrogen) atoms. The fraction of sp³-hybridized carbons (Fsp3) is 0.696. The lowest BCUT2D eigenvalue weighted by Crippen LogP contribution is -2.38. The summed E-state index contributed by atoms with van der Waals surface area (Å²) in [7, 11) is 0. The zero-order chi connectivity index (χ0) is 18.4. The van der Waals surface area contributed by atoms with Gasteiger partial charge >= 0.3 is 0 Å². The average molecular weight is 376 g/mol. The summed E-state index contributed by atoms with van der Waals surface area (Å²) in [6, 6.07) is 6.73. The lowest BCUT2D eigenvalue weighted by Gasteiger charge is -2.33. The van der Waals surface area contributed by atoms with E-state index in [2.05, 4.69) is 17.9 Å². The third kappa shape index (κ3) is 5.10. The van der Waals surface area contributed by atoms with E-state index < -0.39 is 0 Å². The summed E-state index contributed by atoms with van der Waals surface area (Å²) in [6.07, 6.45) is 13.7. The Kier molecular flexibility index (Phi) is 7.57. The predicted molar refractivity (Wildman–Crippen MR) is 110 cm³/mol. The molecule has 0 saturated heterocycles. The number of halogens is 1. The molecule has 0 spiro atoms. The zero-order valence-corrected chi connectivity index (χ0v) is 17.1. The number of benzene rings is 1. The SMILES string of the molecule is CCN(CCC(=O)c1ccc(C2CCCCC2)c(Cl)c1)C1CCCCC1. The van der Waals surface area contributed by atoms with E-state index in [0.29, 0.717) is 18.4 Å². The third-order valence-corrected chi connectivity index (χ3v) is 6.82. The number of rotatable bonds is 7. The molecular weight excluding hydrogens is 342 g/mol. The molecule has 0 bridgehead atoms. The van der Waals surface area contributed by atoms with Crippen LogP contribution in [0.5, 0.6) is 0 Å². The molecule has 3 heteroatoms. The quantitative estimate of drug-likeness (QED) is 0.499. The van der Waals surface area contributed by atoms with Crippen molar-refractivity contribution < 1.29 is 4.79 Å². The van der Waals surface area contributed by atoms with Crippen LogP contribution in [0.15, 0.2) is 18.2 Å². The van der Waals surface area contributed by atoms with Gasteiger partial charge in [-0.3, -0.25) is 4.79 Å². The van der Waals surface area contributed by atoms with Crippen LogP contribution in [0.1, 0.15) is 99.4 Å². The Hall–Kier alpha value is -0.860. The van der Waals surface area contributed by atoms with E-state index in [9.17, 15) is 4.79 Å². The summed E-state index contributed by atoms with van der Waals surface area (Å²) in [6.45, 7) is 4.14. The summed E-state index contributed by atoms with van der Waals surface area (Å²) < 4.78 is 0.